The van der Waals surface area contributed by atoms with Gasteiger partial charge < -0.3 is 40.3 Å². The quantitative estimate of drug-likeness (QED) is 0.0357. The lowest BCUT2D eigenvalue weighted by Gasteiger charge is -2.40. The first-order valence-corrected chi connectivity index (χ1v) is 19.4. The van der Waals surface area contributed by atoms with Gasteiger partial charge in [0.25, 0.3) is 0 Å². The second-order valence-electron chi connectivity index (χ2n) is 13.7. The van der Waals surface area contributed by atoms with Crippen molar-refractivity contribution in [3.8, 4) is 0 Å². The lowest BCUT2D eigenvalue weighted by molar-refractivity contribution is -0.302. The predicted molar refractivity (Wildman–Crippen MR) is 189 cm³/mol. The fourth-order valence-corrected chi connectivity index (χ4v) is 6.15. The molecule has 1 rings (SSSR count). The van der Waals surface area contributed by atoms with Gasteiger partial charge in [-0.05, 0) is 19.3 Å². The van der Waals surface area contributed by atoms with Crippen LogP contribution in [-0.2, 0) is 14.3 Å². The highest BCUT2D eigenvalue weighted by molar-refractivity contribution is 5.76. The van der Waals surface area contributed by atoms with Crippen LogP contribution in [0.1, 0.15) is 168 Å². The molecule has 0 spiro atoms. The van der Waals surface area contributed by atoms with E-state index in [2.05, 4.69) is 19.2 Å². The van der Waals surface area contributed by atoms with Crippen LogP contribution in [0, 0.1) is 0 Å². The fraction of sp³-hybridized carbons (Fsp3) is 0.921. The number of ether oxygens (including phenoxy) is 2. The van der Waals surface area contributed by atoms with Crippen LogP contribution in [-0.4, -0.2) is 87.5 Å². The molecule has 1 aliphatic rings. The van der Waals surface area contributed by atoms with Crippen LogP contribution in [0.4, 0.5) is 0 Å². The number of rotatable bonds is 31. The molecule has 7 unspecified atom stereocenters. The molecule has 0 bridgehead atoms. The molecule has 0 saturated carbocycles. The standard InChI is InChI=1S/C38H73NO8/c1-3-5-7-9-11-13-15-16-18-20-22-24-26-28-34(42)39-31(30-46-38-37(45)36(44)35(43)33(29-40)47-38)32(41)27-25-23-21-19-17-14-12-10-8-6-4-2/h25,27,31-33,35-38,40-41,43-45H,3-24,26,28-30H2,1-2H3,(H,39,42)/b27-25+. The lowest BCUT2D eigenvalue weighted by Crippen LogP contribution is -2.60. The summed E-state index contributed by atoms with van der Waals surface area (Å²) in [6, 6.07) is -0.795. The van der Waals surface area contributed by atoms with Crippen LogP contribution >= 0.6 is 0 Å². The zero-order chi connectivity index (χ0) is 34.5. The van der Waals surface area contributed by atoms with Crippen molar-refractivity contribution < 1.29 is 39.8 Å². The minimum atomic E-state index is -1.56. The number of carbonyl (C=O) groups excluding carboxylic acids is 1. The molecule has 0 radical (unpaired) electrons. The van der Waals surface area contributed by atoms with Crippen LogP contribution < -0.4 is 5.32 Å². The molecule has 47 heavy (non-hydrogen) atoms. The maximum atomic E-state index is 12.8. The second-order valence-corrected chi connectivity index (χ2v) is 13.7. The van der Waals surface area contributed by atoms with E-state index in [-0.39, 0.29) is 12.5 Å². The molecule has 278 valence electrons. The first-order valence-electron chi connectivity index (χ1n) is 19.4. The van der Waals surface area contributed by atoms with Crippen LogP contribution in [0.15, 0.2) is 12.2 Å². The minimum Gasteiger partial charge on any atom is -0.394 e. The van der Waals surface area contributed by atoms with Gasteiger partial charge in [-0.1, -0.05) is 154 Å². The van der Waals surface area contributed by atoms with Gasteiger partial charge >= 0.3 is 0 Å². The van der Waals surface area contributed by atoms with Crippen molar-refractivity contribution in [3.05, 3.63) is 12.2 Å². The van der Waals surface area contributed by atoms with E-state index < -0.39 is 49.5 Å². The summed E-state index contributed by atoms with van der Waals surface area (Å²) in [4.78, 5) is 12.8. The van der Waals surface area contributed by atoms with Crippen LogP contribution in [0.5, 0.6) is 0 Å². The minimum absolute atomic E-state index is 0.179. The molecule has 1 aliphatic heterocycles. The van der Waals surface area contributed by atoms with E-state index in [9.17, 15) is 30.3 Å². The lowest BCUT2D eigenvalue weighted by atomic mass is 9.99. The Morgan fingerprint density at radius 2 is 1.17 bits per heavy atom. The van der Waals surface area contributed by atoms with E-state index in [1.165, 1.54) is 109 Å². The maximum absolute atomic E-state index is 12.8. The topological polar surface area (TPSA) is 149 Å². The van der Waals surface area contributed by atoms with Crippen molar-refractivity contribution in [2.24, 2.45) is 0 Å². The first-order chi connectivity index (χ1) is 22.8. The van der Waals surface area contributed by atoms with Gasteiger partial charge in [0.1, 0.15) is 24.4 Å². The average Bonchev–Trinajstić information content (AvgIpc) is 3.07. The zero-order valence-electron chi connectivity index (χ0n) is 30.0. The molecule has 0 aliphatic carbocycles. The third-order valence-corrected chi connectivity index (χ3v) is 9.36. The monoisotopic (exact) mass is 672 g/mol. The van der Waals surface area contributed by atoms with Crippen molar-refractivity contribution in [1.82, 2.24) is 5.32 Å². The molecule has 9 heteroatoms. The van der Waals surface area contributed by atoms with E-state index in [0.717, 1.165) is 38.5 Å². The first kappa shape index (κ1) is 44.0. The number of allylic oxidation sites excluding steroid dienone is 1. The smallest absolute Gasteiger partial charge is 0.220 e. The van der Waals surface area contributed by atoms with Crippen LogP contribution in [0.2, 0.25) is 0 Å². The normalized spacial score (nSPS) is 22.9. The van der Waals surface area contributed by atoms with E-state index >= 15 is 0 Å². The Hall–Kier alpha value is -1.07. The van der Waals surface area contributed by atoms with Gasteiger partial charge in [-0.25, -0.2) is 0 Å². The molecule has 0 aromatic rings. The van der Waals surface area contributed by atoms with Gasteiger partial charge in [0, 0.05) is 6.42 Å². The Bertz CT molecular complexity index is 751. The van der Waals surface area contributed by atoms with E-state index in [1.807, 2.05) is 6.08 Å². The average molecular weight is 672 g/mol. The van der Waals surface area contributed by atoms with E-state index in [4.69, 9.17) is 9.47 Å². The molecular formula is C38H73NO8. The molecular weight excluding hydrogens is 598 g/mol. The molecule has 1 fully saturated rings. The van der Waals surface area contributed by atoms with Crippen molar-refractivity contribution in [3.63, 3.8) is 0 Å². The summed E-state index contributed by atoms with van der Waals surface area (Å²) in [5.74, 6) is -0.179. The summed E-state index contributed by atoms with van der Waals surface area (Å²) in [6.45, 7) is 3.73. The zero-order valence-corrected chi connectivity index (χ0v) is 30.0. The summed E-state index contributed by atoms with van der Waals surface area (Å²) < 4.78 is 11.1. The van der Waals surface area contributed by atoms with Gasteiger partial charge in [0.2, 0.25) is 5.91 Å². The number of nitrogens with one attached hydrogen (secondary N) is 1. The SMILES string of the molecule is CCCCCCCCCCC/C=C/C(O)C(COC1OC(CO)C(O)C(O)C1O)NC(=O)CCCCCCCCCCCCCCC. The highest BCUT2D eigenvalue weighted by Gasteiger charge is 2.44. The molecule has 1 amide bonds. The number of aliphatic hydroxyl groups is 5. The second kappa shape index (κ2) is 29.8. The molecule has 1 saturated heterocycles. The van der Waals surface area contributed by atoms with Crippen molar-refractivity contribution in [2.45, 2.75) is 211 Å². The van der Waals surface area contributed by atoms with Crippen molar-refractivity contribution in [1.29, 1.82) is 0 Å². The summed E-state index contributed by atoms with van der Waals surface area (Å²) in [5.41, 5.74) is 0. The summed E-state index contributed by atoms with van der Waals surface area (Å²) in [5, 5.41) is 53.8. The summed E-state index contributed by atoms with van der Waals surface area (Å²) >= 11 is 0. The Labute approximate surface area is 286 Å². The summed E-state index contributed by atoms with van der Waals surface area (Å²) in [7, 11) is 0. The van der Waals surface area contributed by atoms with E-state index in [0.29, 0.717) is 6.42 Å². The van der Waals surface area contributed by atoms with Gasteiger partial charge in [0.15, 0.2) is 6.29 Å². The van der Waals surface area contributed by atoms with Crippen LogP contribution in [0.3, 0.4) is 0 Å². The largest absolute Gasteiger partial charge is 0.394 e. The van der Waals surface area contributed by atoms with Gasteiger partial charge in [-0.15, -0.1) is 0 Å². The third kappa shape index (κ3) is 21.6. The Morgan fingerprint density at radius 3 is 1.66 bits per heavy atom. The van der Waals surface area contributed by atoms with Gasteiger partial charge in [0.05, 0.1) is 25.4 Å². The van der Waals surface area contributed by atoms with Gasteiger partial charge in [-0.3, -0.25) is 4.79 Å². The fourth-order valence-electron chi connectivity index (χ4n) is 6.15. The molecule has 6 N–H and O–H groups in total. The molecule has 0 aromatic heterocycles. The summed E-state index contributed by atoms with van der Waals surface area (Å²) in [6.07, 6.45) is 23.9. The highest BCUT2D eigenvalue weighted by atomic mass is 16.7. The Balaban J connectivity index is 2.45. The molecule has 9 nitrogen and oxygen atoms in total. The molecule has 1 heterocycles. The van der Waals surface area contributed by atoms with Crippen LogP contribution in [0.25, 0.3) is 0 Å². The highest BCUT2D eigenvalue weighted by Crippen LogP contribution is 2.22. The third-order valence-electron chi connectivity index (χ3n) is 9.36. The Morgan fingerprint density at radius 1 is 0.702 bits per heavy atom. The van der Waals surface area contributed by atoms with E-state index in [1.54, 1.807) is 6.08 Å². The number of aliphatic hydroxyl groups excluding tert-OH is 5. The Kier molecular flexibility index (Phi) is 27.9. The molecule has 7 atom stereocenters. The number of unbranched alkanes of at least 4 members (excludes halogenated alkanes) is 21. The van der Waals surface area contributed by atoms with Gasteiger partial charge in [-0.2, -0.15) is 0 Å². The van der Waals surface area contributed by atoms with Crippen molar-refractivity contribution in [2.75, 3.05) is 13.2 Å². The van der Waals surface area contributed by atoms with Crippen molar-refractivity contribution >= 4 is 5.91 Å². The predicted octanol–water partition coefficient (Wildman–Crippen LogP) is 6.61. The number of hydrogen-bond acceptors (Lipinski definition) is 8. The maximum Gasteiger partial charge on any atom is 0.220 e. The number of amides is 1. The molecule has 0 aromatic carbocycles. The number of carbonyl (C=O) groups is 1. The number of hydrogen-bond donors (Lipinski definition) is 6.